The number of aromatic nitrogens is 3. The van der Waals surface area contributed by atoms with E-state index in [0.717, 1.165) is 45.4 Å². The summed E-state index contributed by atoms with van der Waals surface area (Å²) < 4.78 is 1.89. The third-order valence-electron chi connectivity index (χ3n) is 5.58. The molecular formula is C19H25N5O. The zero-order valence-electron chi connectivity index (χ0n) is 14.7. The average Bonchev–Trinajstić information content (AvgIpc) is 3.21. The van der Waals surface area contributed by atoms with Crippen LogP contribution in [0.25, 0.3) is 0 Å². The van der Waals surface area contributed by atoms with Crippen LogP contribution in [0.4, 0.5) is 0 Å². The van der Waals surface area contributed by atoms with Crippen LogP contribution in [0.2, 0.25) is 0 Å². The molecule has 1 fully saturated rings. The fourth-order valence-corrected chi connectivity index (χ4v) is 4.05. The summed E-state index contributed by atoms with van der Waals surface area (Å²) in [5, 5.41) is 4.25. The Morgan fingerprint density at radius 1 is 1.24 bits per heavy atom. The highest BCUT2D eigenvalue weighted by molar-refractivity contribution is 5.81. The number of carbonyl (C=O) groups is 1. The van der Waals surface area contributed by atoms with Crippen molar-refractivity contribution in [3.05, 3.63) is 48.0 Å². The Labute approximate surface area is 148 Å². The maximum Gasteiger partial charge on any atom is 0.239 e. The average molecular weight is 339 g/mol. The van der Waals surface area contributed by atoms with Crippen LogP contribution in [0.15, 0.2) is 36.9 Å². The van der Waals surface area contributed by atoms with Gasteiger partial charge in [-0.25, -0.2) is 9.67 Å². The first-order valence-electron chi connectivity index (χ1n) is 9.16. The van der Waals surface area contributed by atoms with E-state index in [4.69, 9.17) is 0 Å². The lowest BCUT2D eigenvalue weighted by Gasteiger charge is -2.38. The van der Waals surface area contributed by atoms with E-state index >= 15 is 0 Å². The van der Waals surface area contributed by atoms with Crippen LogP contribution in [0, 0.1) is 0 Å². The van der Waals surface area contributed by atoms with Crippen molar-refractivity contribution in [2.24, 2.45) is 0 Å². The molecule has 132 valence electrons. The minimum Gasteiger partial charge on any atom is -0.339 e. The Morgan fingerprint density at radius 3 is 2.88 bits per heavy atom. The Bertz CT molecular complexity index is 729. The van der Waals surface area contributed by atoms with Crippen molar-refractivity contribution in [2.45, 2.75) is 44.8 Å². The maximum absolute atomic E-state index is 13.1. The van der Waals surface area contributed by atoms with Crippen molar-refractivity contribution in [2.75, 3.05) is 19.6 Å². The van der Waals surface area contributed by atoms with Crippen molar-refractivity contribution >= 4 is 5.91 Å². The number of hydrogen-bond acceptors (Lipinski definition) is 4. The van der Waals surface area contributed by atoms with Gasteiger partial charge in [0.15, 0.2) is 0 Å². The summed E-state index contributed by atoms with van der Waals surface area (Å²) in [6.07, 6.45) is 6.41. The van der Waals surface area contributed by atoms with Crippen molar-refractivity contribution in [3.63, 3.8) is 0 Å². The fraction of sp³-hybridized carbons (Fsp3) is 0.526. The summed E-state index contributed by atoms with van der Waals surface area (Å²) >= 11 is 0. The molecule has 2 aliphatic heterocycles. The SMILES string of the molecule is CC(C(=O)N1CCCC(n2cncn2)C1)N1CCc2ccccc2C1. The van der Waals surface area contributed by atoms with Gasteiger partial charge in [0, 0.05) is 26.2 Å². The number of piperidine rings is 1. The van der Waals surface area contributed by atoms with Gasteiger partial charge in [-0.1, -0.05) is 24.3 Å². The molecule has 0 N–H and O–H groups in total. The van der Waals surface area contributed by atoms with E-state index in [0.29, 0.717) is 0 Å². The lowest BCUT2D eigenvalue weighted by Crippen LogP contribution is -2.51. The number of nitrogens with zero attached hydrogens (tertiary/aromatic N) is 5. The Hall–Kier alpha value is -2.21. The molecule has 1 aromatic carbocycles. The molecule has 0 aliphatic carbocycles. The monoisotopic (exact) mass is 339 g/mol. The van der Waals surface area contributed by atoms with E-state index in [9.17, 15) is 4.79 Å². The molecule has 25 heavy (non-hydrogen) atoms. The van der Waals surface area contributed by atoms with Crippen molar-refractivity contribution in [1.82, 2.24) is 24.6 Å². The highest BCUT2D eigenvalue weighted by atomic mass is 16.2. The second kappa shape index (κ2) is 6.96. The van der Waals surface area contributed by atoms with Crippen LogP contribution in [0.1, 0.15) is 36.9 Å². The minimum absolute atomic E-state index is 0.0807. The van der Waals surface area contributed by atoms with E-state index in [-0.39, 0.29) is 18.0 Å². The van der Waals surface area contributed by atoms with Crippen LogP contribution in [0.5, 0.6) is 0 Å². The molecule has 1 aromatic heterocycles. The highest BCUT2D eigenvalue weighted by Crippen LogP contribution is 2.24. The largest absolute Gasteiger partial charge is 0.339 e. The Kier molecular flexibility index (Phi) is 4.53. The summed E-state index contributed by atoms with van der Waals surface area (Å²) in [4.78, 5) is 21.4. The van der Waals surface area contributed by atoms with Gasteiger partial charge in [-0.05, 0) is 37.3 Å². The Morgan fingerprint density at radius 2 is 2.08 bits per heavy atom. The molecule has 0 bridgehead atoms. The molecule has 0 saturated carbocycles. The number of amides is 1. The fourth-order valence-electron chi connectivity index (χ4n) is 4.05. The van der Waals surface area contributed by atoms with Gasteiger partial charge in [0.25, 0.3) is 0 Å². The number of likely N-dealkylation sites (tertiary alicyclic amines) is 1. The molecule has 0 spiro atoms. The van der Waals surface area contributed by atoms with Gasteiger partial charge in [-0.15, -0.1) is 0 Å². The molecule has 2 atom stereocenters. The summed E-state index contributed by atoms with van der Waals surface area (Å²) in [6, 6.07) is 8.73. The molecule has 1 saturated heterocycles. The lowest BCUT2D eigenvalue weighted by atomic mass is 9.98. The molecule has 4 rings (SSSR count). The lowest BCUT2D eigenvalue weighted by molar-refractivity contribution is -0.138. The number of carbonyl (C=O) groups excluding carboxylic acids is 1. The maximum atomic E-state index is 13.1. The van der Waals surface area contributed by atoms with Crippen LogP contribution in [-0.2, 0) is 17.8 Å². The highest BCUT2D eigenvalue weighted by Gasteiger charge is 2.31. The van der Waals surface area contributed by atoms with E-state index in [1.54, 1.807) is 12.7 Å². The topological polar surface area (TPSA) is 54.3 Å². The van der Waals surface area contributed by atoms with Gasteiger partial charge in [0.2, 0.25) is 5.91 Å². The summed E-state index contributed by atoms with van der Waals surface area (Å²) in [5.41, 5.74) is 2.77. The van der Waals surface area contributed by atoms with Crippen LogP contribution >= 0.6 is 0 Å². The predicted octanol–water partition coefficient (Wildman–Crippen LogP) is 1.89. The molecule has 0 radical (unpaired) electrons. The summed E-state index contributed by atoms with van der Waals surface area (Å²) in [5.74, 6) is 0.240. The molecular weight excluding hydrogens is 314 g/mol. The summed E-state index contributed by atoms with van der Waals surface area (Å²) in [7, 11) is 0. The van der Waals surface area contributed by atoms with Gasteiger partial charge in [-0.3, -0.25) is 9.69 Å². The smallest absolute Gasteiger partial charge is 0.239 e. The minimum atomic E-state index is -0.0807. The first-order chi connectivity index (χ1) is 12.2. The quantitative estimate of drug-likeness (QED) is 0.857. The first kappa shape index (κ1) is 16.3. The van der Waals surface area contributed by atoms with Crippen LogP contribution in [-0.4, -0.2) is 56.1 Å². The van der Waals surface area contributed by atoms with Gasteiger partial charge >= 0.3 is 0 Å². The normalized spacial score (nSPS) is 22.4. The van der Waals surface area contributed by atoms with Crippen molar-refractivity contribution in [1.29, 1.82) is 0 Å². The van der Waals surface area contributed by atoms with E-state index in [1.807, 2.05) is 9.58 Å². The van der Waals surface area contributed by atoms with Gasteiger partial charge in [0.1, 0.15) is 12.7 Å². The van der Waals surface area contributed by atoms with Gasteiger partial charge < -0.3 is 4.90 Å². The number of rotatable bonds is 3. The first-order valence-corrected chi connectivity index (χ1v) is 9.16. The molecule has 2 unspecified atom stereocenters. The third kappa shape index (κ3) is 3.31. The third-order valence-corrected chi connectivity index (χ3v) is 5.58. The van der Waals surface area contributed by atoms with E-state index in [1.165, 1.54) is 11.1 Å². The van der Waals surface area contributed by atoms with Gasteiger partial charge in [-0.2, -0.15) is 5.10 Å². The summed E-state index contributed by atoms with van der Waals surface area (Å²) in [6.45, 7) is 5.44. The standard InChI is InChI=1S/C19H25N5O/c1-15(22-10-8-16-5-2-3-6-17(16)11-22)19(25)23-9-4-7-18(12-23)24-14-20-13-21-24/h2-3,5-6,13-15,18H,4,7-12H2,1H3. The zero-order chi connectivity index (χ0) is 17.2. The predicted molar refractivity (Wildman–Crippen MR) is 94.9 cm³/mol. The number of hydrogen-bond donors (Lipinski definition) is 0. The molecule has 1 amide bonds. The Balaban J connectivity index is 1.42. The second-order valence-corrected chi connectivity index (χ2v) is 7.12. The van der Waals surface area contributed by atoms with Crippen molar-refractivity contribution in [3.8, 4) is 0 Å². The second-order valence-electron chi connectivity index (χ2n) is 7.12. The number of benzene rings is 1. The molecule has 3 heterocycles. The van der Waals surface area contributed by atoms with E-state index < -0.39 is 0 Å². The molecule has 6 heteroatoms. The number of fused-ring (bicyclic) bond motifs is 1. The molecule has 6 nitrogen and oxygen atoms in total. The molecule has 2 aromatic rings. The van der Waals surface area contributed by atoms with Gasteiger partial charge in [0.05, 0.1) is 12.1 Å². The van der Waals surface area contributed by atoms with Crippen molar-refractivity contribution < 1.29 is 4.79 Å². The zero-order valence-corrected chi connectivity index (χ0v) is 14.7. The van der Waals surface area contributed by atoms with Crippen LogP contribution < -0.4 is 0 Å². The van der Waals surface area contributed by atoms with E-state index in [2.05, 4.69) is 46.2 Å². The molecule has 2 aliphatic rings. The van der Waals surface area contributed by atoms with Crippen LogP contribution in [0.3, 0.4) is 0 Å².